The lowest BCUT2D eigenvalue weighted by Crippen LogP contribution is -2.23. The number of hydrogen-bond acceptors (Lipinski definition) is 3. The predicted molar refractivity (Wildman–Crippen MR) is 62.5 cm³/mol. The molecule has 1 rings (SSSR count). The van der Waals surface area contributed by atoms with Crippen LogP contribution in [-0.2, 0) is 9.47 Å². The third-order valence-electron chi connectivity index (χ3n) is 2.11. The number of benzene rings is 1. The zero-order valence-electron chi connectivity index (χ0n) is 9.21. The maximum absolute atomic E-state index is 6.02. The second-order valence-electron chi connectivity index (χ2n) is 3.27. The lowest BCUT2D eigenvalue weighted by Gasteiger charge is -2.15. The molecule has 0 atom stereocenters. The summed E-state index contributed by atoms with van der Waals surface area (Å²) in [5, 5.41) is 3.87. The summed E-state index contributed by atoms with van der Waals surface area (Å²) in [6.45, 7) is 2.59. The van der Waals surface area contributed by atoms with Gasteiger partial charge in [-0.15, -0.1) is 0 Å². The average molecular weight is 230 g/mol. The molecule has 0 saturated carbocycles. The number of hydrogen-bond donors (Lipinski definition) is 1. The summed E-state index contributed by atoms with van der Waals surface area (Å²) in [6.07, 6.45) is -0.262. The van der Waals surface area contributed by atoms with Gasteiger partial charge in [0.1, 0.15) is 0 Å². The molecular weight excluding hydrogens is 214 g/mol. The third-order valence-corrected chi connectivity index (χ3v) is 2.44. The quantitative estimate of drug-likeness (QED) is 0.788. The highest BCUT2D eigenvalue weighted by Gasteiger charge is 2.06. The van der Waals surface area contributed by atoms with Crippen LogP contribution < -0.4 is 5.32 Å². The maximum atomic E-state index is 6.02. The first-order valence-corrected chi connectivity index (χ1v) is 5.10. The van der Waals surface area contributed by atoms with Crippen LogP contribution in [-0.4, -0.2) is 27.1 Å². The van der Waals surface area contributed by atoms with Gasteiger partial charge < -0.3 is 14.8 Å². The van der Waals surface area contributed by atoms with Crippen molar-refractivity contribution in [2.45, 2.75) is 13.2 Å². The number of ether oxygens (including phenoxy) is 2. The molecule has 0 spiro atoms. The standard InChI is InChI=1S/C11H16ClNO2/c1-8-4-5-9(12)10(6-8)13-7-11(14-2)15-3/h4-6,11,13H,7H2,1-3H3. The number of aryl methyl sites for hydroxylation is 1. The van der Waals surface area contributed by atoms with Crippen molar-refractivity contribution in [3.05, 3.63) is 28.8 Å². The topological polar surface area (TPSA) is 30.5 Å². The Morgan fingerprint density at radius 1 is 1.33 bits per heavy atom. The first-order valence-electron chi connectivity index (χ1n) is 4.73. The number of nitrogens with one attached hydrogen (secondary N) is 1. The van der Waals surface area contributed by atoms with Crippen LogP contribution in [0.5, 0.6) is 0 Å². The van der Waals surface area contributed by atoms with Crippen molar-refractivity contribution in [1.29, 1.82) is 0 Å². The van der Waals surface area contributed by atoms with E-state index in [0.717, 1.165) is 11.3 Å². The molecule has 84 valence electrons. The molecule has 4 heteroatoms. The Morgan fingerprint density at radius 3 is 2.60 bits per heavy atom. The number of anilines is 1. The summed E-state index contributed by atoms with van der Waals surface area (Å²) in [7, 11) is 3.21. The van der Waals surface area contributed by atoms with Gasteiger partial charge >= 0.3 is 0 Å². The third kappa shape index (κ3) is 3.70. The molecule has 15 heavy (non-hydrogen) atoms. The predicted octanol–water partition coefficient (Wildman–Crippen LogP) is 2.68. The van der Waals surface area contributed by atoms with Gasteiger partial charge in [0.2, 0.25) is 0 Å². The Labute approximate surface area is 95.3 Å². The highest BCUT2D eigenvalue weighted by molar-refractivity contribution is 6.33. The molecule has 1 aromatic rings. The second-order valence-corrected chi connectivity index (χ2v) is 3.67. The van der Waals surface area contributed by atoms with Crippen molar-refractivity contribution >= 4 is 17.3 Å². The molecule has 0 amide bonds. The van der Waals surface area contributed by atoms with Gasteiger partial charge in [-0.1, -0.05) is 17.7 Å². The molecule has 3 nitrogen and oxygen atoms in total. The normalized spacial score (nSPS) is 10.7. The largest absolute Gasteiger partial charge is 0.379 e. The molecule has 0 aromatic heterocycles. The zero-order chi connectivity index (χ0) is 11.3. The lowest BCUT2D eigenvalue weighted by atomic mass is 10.2. The van der Waals surface area contributed by atoms with E-state index in [1.807, 2.05) is 25.1 Å². The first-order chi connectivity index (χ1) is 7.17. The van der Waals surface area contributed by atoms with Gasteiger partial charge in [0.05, 0.1) is 17.3 Å². The van der Waals surface area contributed by atoms with Crippen LogP contribution in [0.15, 0.2) is 18.2 Å². The van der Waals surface area contributed by atoms with Crippen molar-refractivity contribution < 1.29 is 9.47 Å². The van der Waals surface area contributed by atoms with E-state index < -0.39 is 0 Å². The highest BCUT2D eigenvalue weighted by atomic mass is 35.5. The van der Waals surface area contributed by atoms with Crippen LogP contribution >= 0.6 is 11.6 Å². The fourth-order valence-corrected chi connectivity index (χ4v) is 1.42. The molecule has 0 heterocycles. The molecule has 0 aliphatic heterocycles. The smallest absolute Gasteiger partial charge is 0.173 e. The van der Waals surface area contributed by atoms with E-state index >= 15 is 0 Å². The minimum atomic E-state index is -0.262. The van der Waals surface area contributed by atoms with Crippen LogP contribution in [0.4, 0.5) is 5.69 Å². The van der Waals surface area contributed by atoms with E-state index in [1.165, 1.54) is 0 Å². The van der Waals surface area contributed by atoms with E-state index in [1.54, 1.807) is 14.2 Å². The Hall–Kier alpha value is -0.770. The van der Waals surface area contributed by atoms with Gasteiger partial charge in [0.15, 0.2) is 6.29 Å². The molecule has 0 aliphatic carbocycles. The maximum Gasteiger partial charge on any atom is 0.173 e. The fraction of sp³-hybridized carbons (Fsp3) is 0.455. The molecule has 0 unspecified atom stereocenters. The molecular formula is C11H16ClNO2. The fourth-order valence-electron chi connectivity index (χ4n) is 1.23. The lowest BCUT2D eigenvalue weighted by molar-refractivity contribution is -0.0914. The van der Waals surface area contributed by atoms with Crippen molar-refractivity contribution in [1.82, 2.24) is 0 Å². The SMILES string of the molecule is COC(CNc1cc(C)ccc1Cl)OC. The number of methoxy groups -OCH3 is 2. The van der Waals surface area contributed by atoms with Crippen molar-refractivity contribution in [2.24, 2.45) is 0 Å². The summed E-state index contributed by atoms with van der Waals surface area (Å²) in [5.74, 6) is 0. The monoisotopic (exact) mass is 229 g/mol. The van der Waals surface area contributed by atoms with Gasteiger partial charge in [0.25, 0.3) is 0 Å². The Kier molecular flexibility index (Phi) is 4.88. The minimum absolute atomic E-state index is 0.262. The summed E-state index contributed by atoms with van der Waals surface area (Å²) < 4.78 is 10.1. The number of halogens is 1. The van der Waals surface area contributed by atoms with Crippen molar-refractivity contribution in [3.8, 4) is 0 Å². The molecule has 0 radical (unpaired) electrons. The first kappa shape index (κ1) is 12.3. The Balaban J connectivity index is 2.60. The van der Waals surface area contributed by atoms with Crippen LogP contribution in [0.3, 0.4) is 0 Å². The zero-order valence-corrected chi connectivity index (χ0v) is 9.97. The van der Waals surface area contributed by atoms with Crippen LogP contribution in [0.25, 0.3) is 0 Å². The Bertz CT molecular complexity index is 313. The number of rotatable bonds is 5. The van der Waals surface area contributed by atoms with E-state index in [-0.39, 0.29) is 6.29 Å². The van der Waals surface area contributed by atoms with Gasteiger partial charge in [0, 0.05) is 14.2 Å². The van der Waals surface area contributed by atoms with Gasteiger partial charge in [-0.2, -0.15) is 0 Å². The molecule has 0 bridgehead atoms. The minimum Gasteiger partial charge on any atom is -0.379 e. The molecule has 0 aliphatic rings. The Morgan fingerprint density at radius 2 is 2.00 bits per heavy atom. The van der Waals surface area contributed by atoms with Crippen molar-refractivity contribution in [3.63, 3.8) is 0 Å². The molecule has 1 aromatic carbocycles. The summed E-state index contributed by atoms with van der Waals surface area (Å²) in [5.41, 5.74) is 2.06. The summed E-state index contributed by atoms with van der Waals surface area (Å²) >= 11 is 6.02. The molecule has 0 fully saturated rings. The van der Waals surface area contributed by atoms with E-state index in [4.69, 9.17) is 21.1 Å². The average Bonchev–Trinajstić information content (AvgIpc) is 2.24. The second kappa shape index (κ2) is 5.95. The van der Waals surface area contributed by atoms with Gasteiger partial charge in [-0.25, -0.2) is 0 Å². The summed E-state index contributed by atoms with van der Waals surface area (Å²) in [6, 6.07) is 5.83. The van der Waals surface area contributed by atoms with E-state index in [9.17, 15) is 0 Å². The van der Waals surface area contributed by atoms with Crippen LogP contribution in [0.2, 0.25) is 5.02 Å². The van der Waals surface area contributed by atoms with E-state index in [2.05, 4.69) is 5.32 Å². The molecule has 0 saturated heterocycles. The molecule has 1 N–H and O–H groups in total. The van der Waals surface area contributed by atoms with Crippen LogP contribution in [0.1, 0.15) is 5.56 Å². The van der Waals surface area contributed by atoms with Gasteiger partial charge in [-0.3, -0.25) is 0 Å². The van der Waals surface area contributed by atoms with Crippen molar-refractivity contribution in [2.75, 3.05) is 26.1 Å². The van der Waals surface area contributed by atoms with E-state index in [0.29, 0.717) is 11.6 Å². The summed E-state index contributed by atoms with van der Waals surface area (Å²) in [4.78, 5) is 0. The highest BCUT2D eigenvalue weighted by Crippen LogP contribution is 2.22. The van der Waals surface area contributed by atoms with Gasteiger partial charge in [-0.05, 0) is 24.6 Å². The van der Waals surface area contributed by atoms with Crippen LogP contribution in [0, 0.1) is 6.92 Å².